The smallest absolute Gasteiger partial charge is 0.264 e. The van der Waals surface area contributed by atoms with Crippen molar-refractivity contribution in [2.45, 2.75) is 59.2 Å². The van der Waals surface area contributed by atoms with Crippen LogP contribution in [0.3, 0.4) is 0 Å². The minimum Gasteiger partial charge on any atom is -0.488 e. The molecule has 0 spiro atoms. The average molecular weight is 427 g/mol. The second-order valence-electron chi connectivity index (χ2n) is 9.19. The van der Waals surface area contributed by atoms with E-state index in [0.717, 1.165) is 28.2 Å². The van der Waals surface area contributed by atoms with Crippen LogP contribution in [0.1, 0.15) is 55.8 Å². The lowest BCUT2D eigenvalue weighted by atomic mass is 9.95. The van der Waals surface area contributed by atoms with Crippen LogP contribution in [0.5, 0.6) is 5.75 Å². The fourth-order valence-electron chi connectivity index (χ4n) is 4.40. The van der Waals surface area contributed by atoms with Gasteiger partial charge in [0.1, 0.15) is 18.4 Å². The number of carbonyl (C=O) groups excluding carboxylic acids is 2. The highest BCUT2D eigenvalue weighted by Gasteiger charge is 2.39. The topological polar surface area (TPSA) is 58.6 Å². The number of rotatable bonds is 5. The molecule has 4 rings (SSSR count). The number of para-hydroxylation sites is 1. The van der Waals surface area contributed by atoms with Gasteiger partial charge in [0, 0.05) is 28.6 Å². The molecule has 160 valence electrons. The molecule has 1 aromatic heterocycles. The summed E-state index contributed by atoms with van der Waals surface area (Å²) in [6, 6.07) is 9.49. The molecule has 6 heteroatoms. The van der Waals surface area contributed by atoms with Gasteiger partial charge in [0.2, 0.25) is 5.91 Å². The van der Waals surface area contributed by atoms with E-state index in [1.807, 2.05) is 35.2 Å². The minimum atomic E-state index is -0.413. The van der Waals surface area contributed by atoms with Crippen LogP contribution in [0.25, 0.3) is 10.4 Å². The van der Waals surface area contributed by atoms with Crippen LogP contribution < -0.4 is 10.1 Å². The standard InChI is InChI=1S/C24H30N2O3S/c1-14(2)9-17-12-26(19(10-15(3)4)23(27)25-17)24(28)21-11-16-13-29-20-8-6-5-7-18(20)22(16)30-21/h5-8,11,14-15,17,19H,9-10,12-13H2,1-4H3,(H,25,27). The molecule has 0 aliphatic carbocycles. The predicted octanol–water partition coefficient (Wildman–Crippen LogP) is 4.71. The van der Waals surface area contributed by atoms with E-state index in [9.17, 15) is 9.59 Å². The molecular formula is C24H30N2O3S. The second-order valence-corrected chi connectivity index (χ2v) is 10.2. The Morgan fingerprint density at radius 3 is 2.67 bits per heavy atom. The zero-order chi connectivity index (χ0) is 21.4. The fraction of sp³-hybridized carbons (Fsp3) is 0.500. The number of nitrogens with zero attached hydrogens (tertiary/aromatic N) is 1. The first-order valence-corrected chi connectivity index (χ1v) is 11.6. The number of piperazine rings is 1. The number of hydrogen-bond acceptors (Lipinski definition) is 4. The van der Waals surface area contributed by atoms with Crippen molar-refractivity contribution in [1.82, 2.24) is 10.2 Å². The van der Waals surface area contributed by atoms with Crippen molar-refractivity contribution in [1.29, 1.82) is 0 Å². The lowest BCUT2D eigenvalue weighted by Gasteiger charge is -2.40. The van der Waals surface area contributed by atoms with Crippen molar-refractivity contribution >= 4 is 23.2 Å². The molecule has 2 unspecified atom stereocenters. The van der Waals surface area contributed by atoms with Crippen molar-refractivity contribution in [3.8, 4) is 16.2 Å². The molecule has 1 N–H and O–H groups in total. The maximum Gasteiger partial charge on any atom is 0.264 e. The summed E-state index contributed by atoms with van der Waals surface area (Å²) in [5, 5.41) is 3.15. The summed E-state index contributed by atoms with van der Waals surface area (Å²) in [6.07, 6.45) is 1.54. The van der Waals surface area contributed by atoms with Gasteiger partial charge in [-0.25, -0.2) is 0 Å². The summed E-state index contributed by atoms with van der Waals surface area (Å²) in [4.78, 5) is 30.1. The molecule has 2 aliphatic rings. The van der Waals surface area contributed by atoms with Crippen molar-refractivity contribution in [2.75, 3.05) is 6.54 Å². The Morgan fingerprint density at radius 2 is 1.93 bits per heavy atom. The van der Waals surface area contributed by atoms with E-state index in [-0.39, 0.29) is 17.9 Å². The summed E-state index contributed by atoms with van der Waals surface area (Å²) in [5.41, 5.74) is 2.08. The highest BCUT2D eigenvalue weighted by molar-refractivity contribution is 7.17. The third kappa shape index (κ3) is 4.10. The van der Waals surface area contributed by atoms with Gasteiger partial charge < -0.3 is 15.0 Å². The van der Waals surface area contributed by atoms with Crippen LogP contribution in [0.2, 0.25) is 0 Å². The first-order valence-electron chi connectivity index (χ1n) is 10.8. The summed E-state index contributed by atoms with van der Waals surface area (Å²) in [7, 11) is 0. The third-order valence-electron chi connectivity index (χ3n) is 5.69. The maximum atomic E-state index is 13.6. The molecule has 2 aliphatic heterocycles. The molecule has 0 saturated carbocycles. The van der Waals surface area contributed by atoms with E-state index in [1.165, 1.54) is 11.3 Å². The van der Waals surface area contributed by atoms with Gasteiger partial charge in [-0.2, -0.15) is 0 Å². The van der Waals surface area contributed by atoms with Crippen molar-refractivity contribution < 1.29 is 14.3 Å². The molecular weight excluding hydrogens is 396 g/mol. The second kappa shape index (κ2) is 8.42. The number of amides is 2. The number of thiophene rings is 1. The molecule has 30 heavy (non-hydrogen) atoms. The molecule has 1 aromatic carbocycles. The van der Waals surface area contributed by atoms with E-state index in [2.05, 4.69) is 33.0 Å². The minimum absolute atomic E-state index is 0.00325. The molecule has 2 aromatic rings. The predicted molar refractivity (Wildman–Crippen MR) is 120 cm³/mol. The molecule has 2 amide bonds. The first kappa shape index (κ1) is 20.9. The van der Waals surface area contributed by atoms with Crippen LogP contribution in [0, 0.1) is 11.8 Å². The van der Waals surface area contributed by atoms with Gasteiger partial charge in [-0.1, -0.05) is 39.8 Å². The van der Waals surface area contributed by atoms with Gasteiger partial charge in [-0.05, 0) is 42.9 Å². The highest BCUT2D eigenvalue weighted by Crippen LogP contribution is 2.42. The van der Waals surface area contributed by atoms with Crippen LogP contribution in [-0.2, 0) is 11.4 Å². The van der Waals surface area contributed by atoms with E-state index >= 15 is 0 Å². The number of fused-ring (bicyclic) bond motifs is 3. The number of ether oxygens (including phenoxy) is 1. The lowest BCUT2D eigenvalue weighted by molar-refractivity contribution is -0.130. The van der Waals surface area contributed by atoms with Crippen molar-refractivity contribution in [3.05, 3.63) is 40.8 Å². The van der Waals surface area contributed by atoms with Gasteiger partial charge in [-0.3, -0.25) is 9.59 Å². The van der Waals surface area contributed by atoms with Gasteiger partial charge in [0.15, 0.2) is 0 Å². The lowest BCUT2D eigenvalue weighted by Crippen LogP contribution is -2.62. The number of carbonyl (C=O) groups is 2. The Balaban J connectivity index is 1.64. The first-order chi connectivity index (χ1) is 14.3. The van der Waals surface area contributed by atoms with Gasteiger partial charge in [0.25, 0.3) is 5.91 Å². The number of hydrogen-bond donors (Lipinski definition) is 1. The van der Waals surface area contributed by atoms with E-state index in [0.29, 0.717) is 36.3 Å². The zero-order valence-corrected chi connectivity index (χ0v) is 18.9. The largest absolute Gasteiger partial charge is 0.488 e. The van der Waals surface area contributed by atoms with Gasteiger partial charge in [0.05, 0.1) is 4.88 Å². The normalized spacial score (nSPS) is 20.6. The molecule has 2 atom stereocenters. The quantitative estimate of drug-likeness (QED) is 0.753. The van der Waals surface area contributed by atoms with E-state index in [1.54, 1.807) is 0 Å². The Morgan fingerprint density at radius 1 is 1.20 bits per heavy atom. The number of nitrogens with one attached hydrogen (secondary N) is 1. The van der Waals surface area contributed by atoms with E-state index < -0.39 is 6.04 Å². The van der Waals surface area contributed by atoms with Gasteiger partial charge in [-0.15, -0.1) is 11.3 Å². The van der Waals surface area contributed by atoms with Crippen LogP contribution >= 0.6 is 11.3 Å². The van der Waals surface area contributed by atoms with Crippen LogP contribution in [-0.4, -0.2) is 35.3 Å². The molecule has 0 radical (unpaired) electrons. The van der Waals surface area contributed by atoms with Crippen LogP contribution in [0.15, 0.2) is 30.3 Å². The maximum absolute atomic E-state index is 13.6. The Kier molecular flexibility index (Phi) is 5.87. The van der Waals surface area contributed by atoms with Crippen LogP contribution in [0.4, 0.5) is 0 Å². The molecule has 1 fully saturated rings. The fourth-order valence-corrected chi connectivity index (χ4v) is 5.56. The zero-order valence-electron chi connectivity index (χ0n) is 18.1. The van der Waals surface area contributed by atoms with E-state index in [4.69, 9.17) is 4.74 Å². The summed E-state index contributed by atoms with van der Waals surface area (Å²) >= 11 is 1.51. The molecule has 3 heterocycles. The van der Waals surface area contributed by atoms with Crippen molar-refractivity contribution in [3.63, 3.8) is 0 Å². The monoisotopic (exact) mass is 426 g/mol. The summed E-state index contributed by atoms with van der Waals surface area (Å²) in [5.74, 6) is 1.58. The number of benzene rings is 1. The Hall–Kier alpha value is -2.34. The third-order valence-corrected chi connectivity index (χ3v) is 6.89. The average Bonchev–Trinajstić information content (AvgIpc) is 3.13. The Bertz CT molecular complexity index is 950. The van der Waals surface area contributed by atoms with Crippen molar-refractivity contribution in [2.24, 2.45) is 11.8 Å². The summed E-state index contributed by atoms with van der Waals surface area (Å²) < 4.78 is 5.86. The van der Waals surface area contributed by atoms with Gasteiger partial charge >= 0.3 is 0 Å². The molecule has 5 nitrogen and oxygen atoms in total. The highest BCUT2D eigenvalue weighted by atomic mass is 32.1. The molecule has 1 saturated heterocycles. The summed E-state index contributed by atoms with van der Waals surface area (Å²) in [6.45, 7) is 9.51. The Labute approximate surface area is 182 Å². The molecule has 0 bridgehead atoms. The SMILES string of the molecule is CC(C)CC1CN(C(=O)c2cc3c(s2)-c2ccccc2OC3)C(CC(C)C)C(=O)N1.